The largest absolute Gasteiger partial charge is 0.396 e. The van der Waals surface area contributed by atoms with Crippen LogP contribution in [0.5, 0.6) is 0 Å². The molecule has 5 heteroatoms. The van der Waals surface area contributed by atoms with Crippen molar-refractivity contribution in [1.29, 1.82) is 0 Å². The maximum absolute atomic E-state index is 13.0. The lowest BCUT2D eigenvalue weighted by atomic mass is 10.2. The van der Waals surface area contributed by atoms with Gasteiger partial charge in [-0.1, -0.05) is 6.07 Å². The molecule has 0 aliphatic carbocycles. The third-order valence-electron chi connectivity index (χ3n) is 1.91. The lowest BCUT2D eigenvalue weighted by Gasteiger charge is -2.03. The highest BCUT2D eigenvalue weighted by Gasteiger charge is 2.04. The summed E-state index contributed by atoms with van der Waals surface area (Å²) in [6.45, 7) is 0.448. The van der Waals surface area contributed by atoms with Crippen molar-refractivity contribution in [3.63, 3.8) is 0 Å². The number of hydrogen-bond acceptors (Lipinski definition) is 3. The molecule has 1 atom stereocenters. The van der Waals surface area contributed by atoms with Gasteiger partial charge in [-0.05, 0) is 17.7 Å². The first-order chi connectivity index (χ1) is 7.13. The van der Waals surface area contributed by atoms with Gasteiger partial charge in [0, 0.05) is 29.4 Å². The Morgan fingerprint density at radius 1 is 1.53 bits per heavy atom. The first kappa shape index (κ1) is 12.1. The van der Waals surface area contributed by atoms with Crippen LogP contribution in [-0.4, -0.2) is 23.7 Å². The Morgan fingerprint density at radius 2 is 2.27 bits per heavy atom. The van der Waals surface area contributed by atoms with E-state index in [9.17, 15) is 8.60 Å². The maximum Gasteiger partial charge on any atom is 0.146 e. The summed E-state index contributed by atoms with van der Waals surface area (Å²) in [4.78, 5) is 0. The molecule has 1 rings (SSSR count). The number of nitrogens with two attached hydrogens (primary N) is 1. The fourth-order valence-electron chi connectivity index (χ4n) is 1.09. The molecule has 0 spiro atoms. The standard InChI is InChI=1S/C10H14FNO2S/c1-14-4-5-15(13)7-8-2-3-10(12)9(11)6-8/h2-3,6H,4-5,7,12H2,1H3. The van der Waals surface area contributed by atoms with Gasteiger partial charge in [0.05, 0.1) is 12.3 Å². The van der Waals surface area contributed by atoms with Crippen LogP contribution in [0.4, 0.5) is 10.1 Å². The summed E-state index contributed by atoms with van der Waals surface area (Å²) in [6, 6.07) is 4.49. The highest BCUT2D eigenvalue weighted by Crippen LogP contribution is 2.13. The molecule has 0 bridgehead atoms. The van der Waals surface area contributed by atoms with Crippen molar-refractivity contribution in [3.8, 4) is 0 Å². The summed E-state index contributed by atoms with van der Waals surface area (Å²) in [6.07, 6.45) is 0. The van der Waals surface area contributed by atoms with E-state index in [4.69, 9.17) is 10.5 Å². The maximum atomic E-state index is 13.0. The van der Waals surface area contributed by atoms with Crippen LogP contribution in [0.15, 0.2) is 18.2 Å². The van der Waals surface area contributed by atoms with Crippen molar-refractivity contribution < 1.29 is 13.3 Å². The number of hydrogen-bond donors (Lipinski definition) is 1. The van der Waals surface area contributed by atoms with Crippen LogP contribution in [-0.2, 0) is 21.3 Å². The van der Waals surface area contributed by atoms with Gasteiger partial charge in [-0.15, -0.1) is 0 Å². The van der Waals surface area contributed by atoms with Crippen LogP contribution < -0.4 is 5.73 Å². The fourth-order valence-corrected chi connectivity index (χ4v) is 2.14. The molecule has 0 fully saturated rings. The zero-order valence-electron chi connectivity index (χ0n) is 8.53. The molecule has 1 unspecified atom stereocenters. The van der Waals surface area contributed by atoms with Gasteiger partial charge in [0.2, 0.25) is 0 Å². The van der Waals surface area contributed by atoms with E-state index in [0.717, 1.165) is 0 Å². The van der Waals surface area contributed by atoms with Gasteiger partial charge in [-0.25, -0.2) is 4.39 Å². The van der Waals surface area contributed by atoms with Gasteiger partial charge in [0.15, 0.2) is 0 Å². The van der Waals surface area contributed by atoms with Gasteiger partial charge in [0.25, 0.3) is 0 Å². The van der Waals surface area contributed by atoms with Crippen molar-refractivity contribution >= 4 is 16.5 Å². The van der Waals surface area contributed by atoms with Crippen molar-refractivity contribution in [1.82, 2.24) is 0 Å². The van der Waals surface area contributed by atoms with E-state index in [0.29, 0.717) is 23.7 Å². The van der Waals surface area contributed by atoms with Crippen molar-refractivity contribution in [2.24, 2.45) is 0 Å². The first-order valence-electron chi connectivity index (χ1n) is 4.51. The molecule has 0 amide bonds. The lowest BCUT2D eigenvalue weighted by molar-refractivity contribution is 0.218. The SMILES string of the molecule is COCCS(=O)Cc1ccc(N)c(F)c1. The van der Waals surface area contributed by atoms with Crippen LogP contribution in [0, 0.1) is 5.82 Å². The molecule has 0 aliphatic heterocycles. The minimum absolute atomic E-state index is 0.112. The second kappa shape index (κ2) is 5.82. The topological polar surface area (TPSA) is 52.3 Å². The Morgan fingerprint density at radius 3 is 2.87 bits per heavy atom. The smallest absolute Gasteiger partial charge is 0.146 e. The van der Waals surface area contributed by atoms with Gasteiger partial charge in [-0.2, -0.15) is 0 Å². The summed E-state index contributed by atoms with van der Waals surface area (Å²) in [5, 5.41) is 0. The fraction of sp³-hybridized carbons (Fsp3) is 0.400. The number of anilines is 1. The van der Waals surface area contributed by atoms with E-state index in [-0.39, 0.29) is 5.69 Å². The van der Waals surface area contributed by atoms with Crippen LogP contribution in [0.2, 0.25) is 0 Å². The van der Waals surface area contributed by atoms with Gasteiger partial charge in [0.1, 0.15) is 5.82 Å². The molecule has 0 aliphatic rings. The van der Waals surface area contributed by atoms with Crippen LogP contribution in [0.25, 0.3) is 0 Å². The predicted molar refractivity (Wildman–Crippen MR) is 59.4 cm³/mol. The molecule has 2 N–H and O–H groups in total. The molecule has 0 aromatic heterocycles. The summed E-state index contributed by atoms with van der Waals surface area (Å²) < 4.78 is 29.3. The van der Waals surface area contributed by atoms with Gasteiger partial charge >= 0.3 is 0 Å². The third-order valence-corrected chi connectivity index (χ3v) is 3.18. The van der Waals surface area contributed by atoms with Gasteiger partial charge in [-0.3, -0.25) is 4.21 Å². The summed E-state index contributed by atoms with van der Waals surface area (Å²) in [5.41, 5.74) is 6.13. The summed E-state index contributed by atoms with van der Waals surface area (Å²) in [7, 11) is 0.537. The quantitative estimate of drug-likeness (QED) is 0.777. The average Bonchev–Trinajstić information content (AvgIpc) is 2.20. The zero-order chi connectivity index (χ0) is 11.3. The molecule has 84 valence electrons. The number of rotatable bonds is 5. The highest BCUT2D eigenvalue weighted by atomic mass is 32.2. The number of nitrogen functional groups attached to an aromatic ring is 1. The predicted octanol–water partition coefficient (Wildman–Crippen LogP) is 1.30. The number of benzene rings is 1. The lowest BCUT2D eigenvalue weighted by Crippen LogP contribution is -2.06. The Bertz CT molecular complexity index is 357. The normalized spacial score (nSPS) is 12.7. The van der Waals surface area contributed by atoms with Crippen molar-refractivity contribution in [2.45, 2.75) is 5.75 Å². The Balaban J connectivity index is 2.57. The molecular formula is C10H14FNO2S. The van der Waals surface area contributed by atoms with E-state index in [1.807, 2.05) is 0 Å². The van der Waals surface area contributed by atoms with Crippen molar-refractivity contribution in [3.05, 3.63) is 29.6 Å². The molecule has 0 saturated heterocycles. The zero-order valence-corrected chi connectivity index (χ0v) is 9.35. The van der Waals surface area contributed by atoms with Gasteiger partial charge < -0.3 is 10.5 Å². The average molecular weight is 231 g/mol. The third kappa shape index (κ3) is 3.97. The van der Waals surface area contributed by atoms with Crippen LogP contribution in [0.3, 0.4) is 0 Å². The molecular weight excluding hydrogens is 217 g/mol. The van der Waals surface area contributed by atoms with Crippen LogP contribution in [0.1, 0.15) is 5.56 Å². The minimum atomic E-state index is -1.02. The Hall–Kier alpha value is -0.940. The van der Waals surface area contributed by atoms with E-state index in [1.165, 1.54) is 12.1 Å². The summed E-state index contributed by atoms with van der Waals surface area (Å²) in [5.74, 6) is 0.333. The number of halogens is 1. The molecule has 1 aromatic rings. The number of ether oxygens (including phenoxy) is 1. The first-order valence-corrected chi connectivity index (χ1v) is 6.00. The molecule has 15 heavy (non-hydrogen) atoms. The molecule has 0 saturated carbocycles. The van der Waals surface area contributed by atoms with E-state index in [2.05, 4.69) is 0 Å². The van der Waals surface area contributed by atoms with E-state index in [1.54, 1.807) is 13.2 Å². The second-order valence-electron chi connectivity index (χ2n) is 3.14. The Kier molecular flexibility index (Phi) is 4.71. The molecule has 3 nitrogen and oxygen atoms in total. The summed E-state index contributed by atoms with van der Waals surface area (Å²) >= 11 is 0. The monoisotopic (exact) mass is 231 g/mol. The molecule has 0 radical (unpaired) electrons. The minimum Gasteiger partial charge on any atom is -0.396 e. The Labute approximate surface area is 90.9 Å². The second-order valence-corrected chi connectivity index (χ2v) is 4.71. The van der Waals surface area contributed by atoms with E-state index < -0.39 is 16.6 Å². The highest BCUT2D eigenvalue weighted by molar-refractivity contribution is 7.84. The molecule has 0 heterocycles. The van der Waals surface area contributed by atoms with Crippen molar-refractivity contribution in [2.75, 3.05) is 25.2 Å². The number of methoxy groups -OCH3 is 1. The molecule has 1 aromatic carbocycles. The van der Waals surface area contributed by atoms with E-state index >= 15 is 0 Å². The van der Waals surface area contributed by atoms with Crippen LogP contribution >= 0.6 is 0 Å².